The molecular formula is C26H21ClN2O5S. The first-order valence-corrected chi connectivity index (χ1v) is 11.9. The van der Waals surface area contributed by atoms with Gasteiger partial charge in [0.2, 0.25) is 6.79 Å². The molecule has 3 aromatic rings. The number of aliphatic imine (C=N–C) groups is 1. The molecule has 0 bridgehead atoms. The normalized spacial score (nSPS) is 16.6. The molecule has 1 N–H and O–H groups in total. The average molecular weight is 509 g/mol. The minimum atomic E-state index is -0.212. The molecule has 35 heavy (non-hydrogen) atoms. The van der Waals surface area contributed by atoms with Gasteiger partial charge in [-0.1, -0.05) is 29.8 Å². The Morgan fingerprint density at radius 1 is 1.09 bits per heavy atom. The van der Waals surface area contributed by atoms with Gasteiger partial charge in [-0.25, -0.2) is 4.99 Å². The third kappa shape index (κ3) is 5.23. The van der Waals surface area contributed by atoms with E-state index >= 15 is 0 Å². The van der Waals surface area contributed by atoms with E-state index in [1.165, 1.54) is 11.8 Å². The van der Waals surface area contributed by atoms with E-state index in [1.54, 1.807) is 19.3 Å². The lowest BCUT2D eigenvalue weighted by Gasteiger charge is -2.12. The Kier molecular flexibility index (Phi) is 6.57. The smallest absolute Gasteiger partial charge is 0.264 e. The first-order valence-electron chi connectivity index (χ1n) is 10.7. The number of aryl methyl sites for hydroxylation is 1. The van der Waals surface area contributed by atoms with Crippen molar-refractivity contribution in [2.75, 3.05) is 13.9 Å². The average Bonchev–Trinajstić information content (AvgIpc) is 3.46. The number of carbonyl (C=O) groups excluding carboxylic acids is 1. The second-order valence-corrected chi connectivity index (χ2v) is 9.27. The van der Waals surface area contributed by atoms with Gasteiger partial charge in [0, 0.05) is 5.02 Å². The fraction of sp³-hybridized carbons (Fsp3) is 0.154. The highest BCUT2D eigenvalue weighted by molar-refractivity contribution is 8.18. The van der Waals surface area contributed by atoms with Crippen molar-refractivity contribution >= 4 is 46.2 Å². The molecule has 1 amide bonds. The van der Waals surface area contributed by atoms with Crippen LogP contribution in [0.4, 0.5) is 5.69 Å². The molecule has 0 unspecified atom stereocenters. The van der Waals surface area contributed by atoms with Gasteiger partial charge >= 0.3 is 0 Å². The highest BCUT2D eigenvalue weighted by Gasteiger charge is 2.24. The standard InChI is InChI=1S/C26H21ClN2O5S/c1-15-3-6-18(27)12-19(15)28-26-29-25(30)24(35-26)11-16-4-7-20(22(9-16)31-2)32-13-17-5-8-21-23(10-17)34-14-33-21/h3-12H,13-14H2,1-2H3,(H,28,29,30)/b24-11-. The fourth-order valence-electron chi connectivity index (χ4n) is 3.53. The number of thioether (sulfide) groups is 1. The van der Waals surface area contributed by atoms with Crippen molar-refractivity contribution in [2.45, 2.75) is 13.5 Å². The predicted octanol–water partition coefficient (Wildman–Crippen LogP) is 5.86. The van der Waals surface area contributed by atoms with E-state index in [1.807, 2.05) is 55.5 Å². The molecule has 7 nitrogen and oxygen atoms in total. The number of benzene rings is 3. The van der Waals surface area contributed by atoms with Gasteiger partial charge in [0.1, 0.15) is 6.61 Å². The van der Waals surface area contributed by atoms with Crippen LogP contribution in [0.2, 0.25) is 5.02 Å². The number of nitrogens with one attached hydrogen (secondary N) is 1. The summed E-state index contributed by atoms with van der Waals surface area (Å²) in [5.74, 6) is 2.38. The third-order valence-corrected chi connectivity index (χ3v) is 6.51. The molecule has 0 atom stereocenters. The van der Waals surface area contributed by atoms with E-state index in [9.17, 15) is 4.79 Å². The molecule has 2 aliphatic rings. The van der Waals surface area contributed by atoms with Gasteiger partial charge in [0.05, 0.1) is 17.7 Å². The highest BCUT2D eigenvalue weighted by atomic mass is 35.5. The fourth-order valence-corrected chi connectivity index (χ4v) is 4.53. The van der Waals surface area contributed by atoms with Gasteiger partial charge in [-0.05, 0) is 77.9 Å². The van der Waals surface area contributed by atoms with Gasteiger partial charge < -0.3 is 24.3 Å². The number of hydrogen-bond donors (Lipinski definition) is 1. The van der Waals surface area contributed by atoms with Crippen LogP contribution in [-0.4, -0.2) is 25.0 Å². The molecule has 9 heteroatoms. The molecule has 0 radical (unpaired) electrons. The number of methoxy groups -OCH3 is 1. The summed E-state index contributed by atoms with van der Waals surface area (Å²) in [5, 5.41) is 3.90. The lowest BCUT2D eigenvalue weighted by atomic mass is 10.1. The van der Waals surface area contributed by atoms with E-state index in [2.05, 4.69) is 10.3 Å². The van der Waals surface area contributed by atoms with Crippen LogP contribution < -0.4 is 24.3 Å². The number of fused-ring (bicyclic) bond motifs is 1. The quantitative estimate of drug-likeness (QED) is 0.420. The summed E-state index contributed by atoms with van der Waals surface area (Å²) >= 11 is 7.35. The zero-order valence-electron chi connectivity index (χ0n) is 19.0. The molecule has 1 saturated heterocycles. The first-order chi connectivity index (χ1) is 17.0. The van der Waals surface area contributed by atoms with Crippen molar-refractivity contribution in [2.24, 2.45) is 4.99 Å². The number of ether oxygens (including phenoxy) is 4. The third-order valence-electron chi connectivity index (χ3n) is 5.36. The van der Waals surface area contributed by atoms with Crippen molar-refractivity contribution in [3.05, 3.63) is 81.2 Å². The van der Waals surface area contributed by atoms with Crippen LogP contribution in [-0.2, 0) is 11.4 Å². The van der Waals surface area contributed by atoms with Gasteiger partial charge in [0.15, 0.2) is 28.2 Å². The summed E-state index contributed by atoms with van der Waals surface area (Å²) in [6, 6.07) is 16.7. The number of amides is 1. The largest absolute Gasteiger partial charge is 0.493 e. The Morgan fingerprint density at radius 3 is 2.80 bits per heavy atom. The second-order valence-electron chi connectivity index (χ2n) is 7.80. The van der Waals surface area contributed by atoms with Crippen LogP contribution in [0.25, 0.3) is 6.08 Å². The van der Waals surface area contributed by atoms with Crippen LogP contribution in [0, 0.1) is 6.92 Å². The van der Waals surface area contributed by atoms with Crippen molar-refractivity contribution in [1.82, 2.24) is 5.32 Å². The van der Waals surface area contributed by atoms with E-state index in [0.717, 1.165) is 22.4 Å². The Morgan fingerprint density at radius 2 is 1.94 bits per heavy atom. The summed E-state index contributed by atoms with van der Waals surface area (Å²) < 4.78 is 22.2. The molecule has 0 spiro atoms. The minimum absolute atomic E-state index is 0.212. The molecule has 2 heterocycles. The highest BCUT2D eigenvalue weighted by Crippen LogP contribution is 2.35. The van der Waals surface area contributed by atoms with E-state index < -0.39 is 0 Å². The Bertz CT molecular complexity index is 1370. The summed E-state index contributed by atoms with van der Waals surface area (Å²) in [6.07, 6.45) is 1.79. The summed E-state index contributed by atoms with van der Waals surface area (Å²) in [6.45, 7) is 2.51. The lowest BCUT2D eigenvalue weighted by molar-refractivity contribution is -0.115. The van der Waals surface area contributed by atoms with Crippen LogP contribution >= 0.6 is 23.4 Å². The molecule has 5 rings (SSSR count). The zero-order valence-corrected chi connectivity index (χ0v) is 20.5. The number of rotatable bonds is 6. The van der Waals surface area contributed by atoms with Gasteiger partial charge in [-0.15, -0.1) is 0 Å². The molecule has 2 aliphatic heterocycles. The first kappa shape index (κ1) is 23.1. The molecule has 1 fully saturated rings. The minimum Gasteiger partial charge on any atom is -0.493 e. The number of amidine groups is 1. The number of carbonyl (C=O) groups is 1. The zero-order chi connectivity index (χ0) is 24.4. The van der Waals surface area contributed by atoms with Gasteiger partial charge in [-0.2, -0.15) is 0 Å². The maximum Gasteiger partial charge on any atom is 0.264 e. The molecule has 0 aliphatic carbocycles. The Balaban J connectivity index is 1.30. The van der Waals surface area contributed by atoms with Crippen LogP contribution in [0.15, 0.2) is 64.5 Å². The Hall–Kier alpha value is -3.62. The predicted molar refractivity (Wildman–Crippen MR) is 137 cm³/mol. The molecule has 3 aromatic carbocycles. The molecular weight excluding hydrogens is 488 g/mol. The van der Waals surface area contributed by atoms with Gasteiger partial charge in [-0.3, -0.25) is 4.79 Å². The SMILES string of the molecule is COc1cc(/C=C2\SC(=Nc3cc(Cl)ccc3C)NC2=O)ccc1OCc1ccc2c(c1)OCO2. The van der Waals surface area contributed by atoms with E-state index in [0.29, 0.717) is 44.6 Å². The van der Waals surface area contributed by atoms with E-state index in [-0.39, 0.29) is 12.7 Å². The monoisotopic (exact) mass is 508 g/mol. The van der Waals surface area contributed by atoms with Crippen molar-refractivity contribution in [1.29, 1.82) is 0 Å². The van der Waals surface area contributed by atoms with Gasteiger partial charge in [0.25, 0.3) is 5.91 Å². The van der Waals surface area contributed by atoms with Crippen LogP contribution in [0.3, 0.4) is 0 Å². The molecule has 0 aromatic heterocycles. The van der Waals surface area contributed by atoms with E-state index in [4.69, 9.17) is 30.5 Å². The van der Waals surface area contributed by atoms with Crippen LogP contribution in [0.1, 0.15) is 16.7 Å². The van der Waals surface area contributed by atoms with Crippen LogP contribution in [0.5, 0.6) is 23.0 Å². The summed E-state index contributed by atoms with van der Waals surface area (Å²) in [5.41, 5.74) is 3.43. The number of nitrogens with zero attached hydrogens (tertiary/aromatic N) is 1. The second kappa shape index (κ2) is 9.93. The number of halogens is 1. The topological polar surface area (TPSA) is 78.4 Å². The maximum atomic E-state index is 12.5. The lowest BCUT2D eigenvalue weighted by Crippen LogP contribution is -2.19. The number of hydrogen-bond acceptors (Lipinski definition) is 7. The summed E-state index contributed by atoms with van der Waals surface area (Å²) in [4.78, 5) is 17.6. The van der Waals surface area contributed by atoms with Crippen molar-refractivity contribution in [3.63, 3.8) is 0 Å². The van der Waals surface area contributed by atoms with Crippen molar-refractivity contribution in [3.8, 4) is 23.0 Å². The molecule has 0 saturated carbocycles. The molecule has 178 valence electrons. The van der Waals surface area contributed by atoms with Crippen molar-refractivity contribution < 1.29 is 23.7 Å². The summed E-state index contributed by atoms with van der Waals surface area (Å²) in [7, 11) is 1.58. The Labute approximate surface area is 211 Å². The maximum absolute atomic E-state index is 12.5.